The molecule has 0 unspecified atom stereocenters. The minimum Gasteiger partial charge on any atom is -0.322 e. The number of carbonyl (C=O) groups excluding carboxylic acids is 2. The fraction of sp³-hybridized carbons (Fsp3) is 0.176. The minimum absolute atomic E-state index is 0.140. The number of hydrogen-bond acceptors (Lipinski definition) is 2. The largest absolute Gasteiger partial charge is 0.322 e. The molecule has 2 amide bonds. The molecule has 1 heterocycles. The molecule has 0 saturated carbocycles. The van der Waals surface area contributed by atoms with E-state index in [-0.39, 0.29) is 11.8 Å². The van der Waals surface area contributed by atoms with Crippen molar-refractivity contribution in [3.8, 4) is 0 Å². The summed E-state index contributed by atoms with van der Waals surface area (Å²) in [6.07, 6.45) is 1.49. The van der Waals surface area contributed by atoms with Gasteiger partial charge in [0.05, 0.1) is 0 Å². The third kappa shape index (κ3) is 2.94. The van der Waals surface area contributed by atoms with Crippen LogP contribution in [0.3, 0.4) is 0 Å². The first-order chi connectivity index (χ1) is 10.2. The zero-order valence-electron chi connectivity index (χ0n) is 11.6. The summed E-state index contributed by atoms with van der Waals surface area (Å²) in [4.78, 5) is 25.6. The third-order valence-electron chi connectivity index (χ3n) is 3.53. The van der Waals surface area contributed by atoms with E-state index in [1.165, 1.54) is 0 Å². The van der Waals surface area contributed by atoms with E-state index in [9.17, 15) is 9.59 Å². The van der Waals surface area contributed by atoms with Crippen LogP contribution in [-0.2, 0) is 4.79 Å². The Morgan fingerprint density at radius 3 is 2.57 bits per heavy atom. The second kappa shape index (κ2) is 5.79. The lowest BCUT2D eigenvalue weighted by Gasteiger charge is -2.16. The Kier molecular flexibility index (Phi) is 3.69. The van der Waals surface area contributed by atoms with Crippen LogP contribution in [-0.4, -0.2) is 18.4 Å². The maximum atomic E-state index is 12.1. The Morgan fingerprint density at radius 2 is 1.86 bits per heavy atom. The van der Waals surface area contributed by atoms with E-state index in [4.69, 9.17) is 0 Å². The van der Waals surface area contributed by atoms with E-state index < -0.39 is 0 Å². The molecule has 1 fully saturated rings. The van der Waals surface area contributed by atoms with Crippen molar-refractivity contribution >= 4 is 23.2 Å². The van der Waals surface area contributed by atoms with E-state index >= 15 is 0 Å². The summed E-state index contributed by atoms with van der Waals surface area (Å²) in [5.41, 5.74) is 2.14. The average molecular weight is 280 g/mol. The monoisotopic (exact) mass is 280 g/mol. The number of nitrogens with zero attached hydrogens (tertiary/aromatic N) is 1. The zero-order chi connectivity index (χ0) is 14.7. The van der Waals surface area contributed by atoms with Crippen LogP contribution in [0.5, 0.6) is 0 Å². The number of nitrogens with one attached hydrogen (secondary N) is 1. The van der Waals surface area contributed by atoms with Gasteiger partial charge in [0.2, 0.25) is 5.91 Å². The molecular weight excluding hydrogens is 264 g/mol. The standard InChI is InChI=1S/C17H16N2O2/c20-16-10-5-11-19(16)15-9-4-8-14(12-15)18-17(21)13-6-2-1-3-7-13/h1-4,6-9,12H,5,10-11H2,(H,18,21). The van der Waals surface area contributed by atoms with E-state index in [0.717, 1.165) is 18.7 Å². The van der Waals surface area contributed by atoms with Crippen LogP contribution in [0.1, 0.15) is 23.2 Å². The Bertz CT molecular complexity index is 668. The van der Waals surface area contributed by atoms with Crippen molar-refractivity contribution in [3.05, 3.63) is 60.2 Å². The first-order valence-electron chi connectivity index (χ1n) is 7.01. The van der Waals surface area contributed by atoms with Crippen molar-refractivity contribution in [1.29, 1.82) is 0 Å². The van der Waals surface area contributed by atoms with Gasteiger partial charge >= 0.3 is 0 Å². The van der Waals surface area contributed by atoms with Gasteiger partial charge in [-0.1, -0.05) is 24.3 Å². The van der Waals surface area contributed by atoms with Gasteiger partial charge in [0.1, 0.15) is 0 Å². The van der Waals surface area contributed by atoms with Gasteiger partial charge in [-0.2, -0.15) is 0 Å². The number of rotatable bonds is 3. The number of carbonyl (C=O) groups is 2. The summed E-state index contributed by atoms with van der Waals surface area (Å²) in [6, 6.07) is 16.5. The van der Waals surface area contributed by atoms with Gasteiger partial charge in [-0.25, -0.2) is 0 Å². The predicted molar refractivity (Wildman–Crippen MR) is 82.4 cm³/mol. The average Bonchev–Trinajstić information content (AvgIpc) is 2.94. The Balaban J connectivity index is 1.77. The first-order valence-corrected chi connectivity index (χ1v) is 7.01. The second-order valence-corrected chi connectivity index (χ2v) is 5.02. The Morgan fingerprint density at radius 1 is 1.05 bits per heavy atom. The second-order valence-electron chi connectivity index (χ2n) is 5.02. The van der Waals surface area contributed by atoms with Crippen LogP contribution in [0.4, 0.5) is 11.4 Å². The molecule has 0 atom stereocenters. The third-order valence-corrected chi connectivity index (χ3v) is 3.53. The normalized spacial score (nSPS) is 14.3. The van der Waals surface area contributed by atoms with E-state index in [1.807, 2.05) is 42.5 Å². The van der Waals surface area contributed by atoms with Crippen LogP contribution in [0, 0.1) is 0 Å². The van der Waals surface area contributed by atoms with Crippen molar-refractivity contribution in [2.24, 2.45) is 0 Å². The highest BCUT2D eigenvalue weighted by Gasteiger charge is 2.21. The maximum Gasteiger partial charge on any atom is 0.255 e. The predicted octanol–water partition coefficient (Wildman–Crippen LogP) is 3.07. The fourth-order valence-electron chi connectivity index (χ4n) is 2.47. The summed E-state index contributed by atoms with van der Waals surface area (Å²) in [5, 5.41) is 2.86. The van der Waals surface area contributed by atoms with Gasteiger partial charge in [-0.15, -0.1) is 0 Å². The van der Waals surface area contributed by atoms with Crippen molar-refractivity contribution < 1.29 is 9.59 Å². The molecule has 4 nitrogen and oxygen atoms in total. The van der Waals surface area contributed by atoms with Crippen LogP contribution < -0.4 is 10.2 Å². The van der Waals surface area contributed by atoms with E-state index in [0.29, 0.717) is 17.7 Å². The molecule has 0 bridgehead atoms. The van der Waals surface area contributed by atoms with Gasteiger partial charge in [-0.3, -0.25) is 9.59 Å². The molecule has 2 aromatic carbocycles. The lowest BCUT2D eigenvalue weighted by molar-refractivity contribution is -0.117. The molecule has 1 aliphatic rings. The van der Waals surface area contributed by atoms with Gasteiger partial charge in [0.15, 0.2) is 0 Å². The molecule has 0 aliphatic carbocycles. The molecule has 0 radical (unpaired) electrons. The smallest absolute Gasteiger partial charge is 0.255 e. The Hall–Kier alpha value is -2.62. The first kappa shape index (κ1) is 13.4. The summed E-state index contributed by atoms with van der Waals surface area (Å²) in [5.74, 6) is -0.0120. The van der Waals surface area contributed by atoms with Crippen molar-refractivity contribution in [3.63, 3.8) is 0 Å². The van der Waals surface area contributed by atoms with Crippen LogP contribution >= 0.6 is 0 Å². The fourth-order valence-corrected chi connectivity index (χ4v) is 2.47. The van der Waals surface area contributed by atoms with Crippen LogP contribution in [0.2, 0.25) is 0 Å². The molecule has 4 heteroatoms. The molecule has 0 aromatic heterocycles. The SMILES string of the molecule is O=C(Nc1cccc(N2CCCC2=O)c1)c1ccccc1. The molecule has 1 saturated heterocycles. The summed E-state index contributed by atoms with van der Waals surface area (Å²) < 4.78 is 0. The highest BCUT2D eigenvalue weighted by atomic mass is 16.2. The molecule has 106 valence electrons. The summed E-state index contributed by atoms with van der Waals surface area (Å²) in [6.45, 7) is 0.745. The zero-order valence-corrected chi connectivity index (χ0v) is 11.6. The van der Waals surface area contributed by atoms with Crippen molar-refractivity contribution in [2.45, 2.75) is 12.8 Å². The molecular formula is C17H16N2O2. The number of hydrogen-bond donors (Lipinski definition) is 1. The summed E-state index contributed by atoms with van der Waals surface area (Å²) >= 11 is 0. The Labute approximate surface area is 123 Å². The number of amides is 2. The number of anilines is 2. The lowest BCUT2D eigenvalue weighted by Crippen LogP contribution is -2.23. The molecule has 3 rings (SSSR count). The lowest BCUT2D eigenvalue weighted by atomic mass is 10.2. The number of benzene rings is 2. The van der Waals surface area contributed by atoms with Crippen LogP contribution in [0.15, 0.2) is 54.6 Å². The molecule has 2 aromatic rings. The minimum atomic E-state index is -0.152. The van der Waals surface area contributed by atoms with Crippen LogP contribution in [0.25, 0.3) is 0 Å². The topological polar surface area (TPSA) is 49.4 Å². The van der Waals surface area contributed by atoms with E-state index in [2.05, 4.69) is 5.32 Å². The van der Waals surface area contributed by atoms with E-state index in [1.54, 1.807) is 17.0 Å². The molecule has 0 spiro atoms. The highest BCUT2D eigenvalue weighted by Crippen LogP contribution is 2.24. The van der Waals surface area contributed by atoms with Gasteiger partial charge < -0.3 is 10.2 Å². The maximum absolute atomic E-state index is 12.1. The molecule has 21 heavy (non-hydrogen) atoms. The summed E-state index contributed by atoms with van der Waals surface area (Å²) in [7, 11) is 0. The van der Waals surface area contributed by atoms with Gasteiger partial charge in [0.25, 0.3) is 5.91 Å². The highest BCUT2D eigenvalue weighted by molar-refractivity contribution is 6.04. The van der Waals surface area contributed by atoms with Gasteiger partial charge in [-0.05, 0) is 36.8 Å². The molecule has 1 N–H and O–H groups in total. The van der Waals surface area contributed by atoms with Crippen molar-refractivity contribution in [1.82, 2.24) is 0 Å². The molecule has 1 aliphatic heterocycles. The van der Waals surface area contributed by atoms with Gasteiger partial charge in [0, 0.05) is 29.9 Å². The quantitative estimate of drug-likeness (QED) is 0.939. The van der Waals surface area contributed by atoms with Crippen molar-refractivity contribution in [2.75, 3.05) is 16.8 Å².